The smallest absolute Gasteiger partial charge is 0.232 e. The first-order valence-electron chi connectivity index (χ1n) is 7.33. The summed E-state index contributed by atoms with van der Waals surface area (Å²) in [5, 5.41) is 3.20. The lowest BCUT2D eigenvalue weighted by Crippen LogP contribution is -2.31. The molecule has 1 aromatic carbocycles. The molecule has 1 unspecified atom stereocenters. The summed E-state index contributed by atoms with van der Waals surface area (Å²) in [6.07, 6.45) is 1.12. The van der Waals surface area contributed by atoms with Crippen molar-refractivity contribution in [2.24, 2.45) is 5.92 Å². The van der Waals surface area contributed by atoms with E-state index in [1.165, 1.54) is 16.0 Å². The first-order valence-corrected chi connectivity index (χ1v) is 9.11. The predicted molar refractivity (Wildman–Crippen MR) is 100 cm³/mol. The Balaban J connectivity index is 0.00000242. The third-order valence-electron chi connectivity index (χ3n) is 3.94. The molecule has 1 heterocycles. The van der Waals surface area contributed by atoms with Crippen molar-refractivity contribution in [2.75, 3.05) is 32.4 Å². The van der Waals surface area contributed by atoms with Crippen LogP contribution in [0.15, 0.2) is 21.5 Å². The number of carbonyl (C=O) groups is 1. The normalized spacial score (nSPS) is 17.5. The van der Waals surface area contributed by atoms with Crippen LogP contribution in [0.2, 0.25) is 0 Å². The lowest BCUT2D eigenvalue weighted by Gasteiger charge is -2.17. The number of carbonyl (C=O) groups excluding carboxylic acids is 1. The topological polar surface area (TPSA) is 32.3 Å². The van der Waals surface area contributed by atoms with Crippen molar-refractivity contribution in [1.82, 2.24) is 10.2 Å². The van der Waals surface area contributed by atoms with Crippen molar-refractivity contribution in [3.8, 4) is 0 Å². The number of aryl methyl sites for hydroxylation is 2. The highest BCUT2D eigenvalue weighted by Crippen LogP contribution is 2.29. The molecule has 1 N–H and O–H groups in total. The number of benzene rings is 1. The Hall–Kier alpha value is -0.230. The van der Waals surface area contributed by atoms with Gasteiger partial charge in [-0.25, -0.2) is 0 Å². The van der Waals surface area contributed by atoms with Gasteiger partial charge in [0, 0.05) is 22.5 Å². The van der Waals surface area contributed by atoms with Crippen LogP contribution in [0.25, 0.3) is 0 Å². The molecule has 3 nitrogen and oxygen atoms in total. The molecule has 0 aliphatic carbocycles. The van der Waals surface area contributed by atoms with Gasteiger partial charge < -0.3 is 10.2 Å². The third kappa shape index (κ3) is 5.15. The molecule has 1 saturated heterocycles. The SMILES string of the molecule is CNCC1CCN(C(=O)CSc2cc(C)c(Br)cc2C)C1.Cl. The third-order valence-corrected chi connectivity index (χ3v) is 5.94. The number of halogens is 2. The quantitative estimate of drug-likeness (QED) is 0.756. The molecule has 1 fully saturated rings. The minimum Gasteiger partial charge on any atom is -0.342 e. The summed E-state index contributed by atoms with van der Waals surface area (Å²) < 4.78 is 1.13. The summed E-state index contributed by atoms with van der Waals surface area (Å²) >= 11 is 5.20. The van der Waals surface area contributed by atoms with E-state index in [1.54, 1.807) is 11.8 Å². The highest BCUT2D eigenvalue weighted by atomic mass is 79.9. The second-order valence-corrected chi connectivity index (χ2v) is 7.58. The molecule has 1 atom stereocenters. The number of hydrogen-bond acceptors (Lipinski definition) is 3. The van der Waals surface area contributed by atoms with Gasteiger partial charge in [0.2, 0.25) is 5.91 Å². The van der Waals surface area contributed by atoms with Crippen LogP contribution in [0.1, 0.15) is 17.5 Å². The summed E-state index contributed by atoms with van der Waals surface area (Å²) in [7, 11) is 1.97. The average Bonchev–Trinajstić information content (AvgIpc) is 2.90. The van der Waals surface area contributed by atoms with Crippen LogP contribution in [-0.4, -0.2) is 43.2 Å². The van der Waals surface area contributed by atoms with Gasteiger partial charge in [-0.15, -0.1) is 24.2 Å². The van der Waals surface area contributed by atoms with Crippen molar-refractivity contribution >= 4 is 46.0 Å². The number of nitrogens with one attached hydrogen (secondary N) is 1. The molecule has 0 radical (unpaired) electrons. The number of hydrogen-bond donors (Lipinski definition) is 1. The van der Waals surface area contributed by atoms with E-state index in [0.29, 0.717) is 11.7 Å². The molecule has 1 amide bonds. The molecule has 1 aliphatic rings. The monoisotopic (exact) mass is 406 g/mol. The van der Waals surface area contributed by atoms with Crippen molar-refractivity contribution in [1.29, 1.82) is 0 Å². The summed E-state index contributed by atoms with van der Waals surface area (Å²) in [6, 6.07) is 4.28. The lowest BCUT2D eigenvalue weighted by atomic mass is 10.1. The molecular weight excluding hydrogens is 384 g/mol. The van der Waals surface area contributed by atoms with Gasteiger partial charge in [-0.1, -0.05) is 15.9 Å². The Bertz CT molecular complexity index is 527. The zero-order valence-electron chi connectivity index (χ0n) is 13.3. The van der Waals surface area contributed by atoms with Crippen LogP contribution in [0, 0.1) is 19.8 Å². The zero-order valence-corrected chi connectivity index (χ0v) is 16.5. The first-order chi connectivity index (χ1) is 10.0. The molecule has 124 valence electrons. The van der Waals surface area contributed by atoms with Crippen molar-refractivity contribution in [3.63, 3.8) is 0 Å². The van der Waals surface area contributed by atoms with E-state index < -0.39 is 0 Å². The molecule has 1 aromatic rings. The fraction of sp³-hybridized carbons (Fsp3) is 0.562. The van der Waals surface area contributed by atoms with Crippen LogP contribution in [0.4, 0.5) is 0 Å². The summed E-state index contributed by atoms with van der Waals surface area (Å²) in [5.41, 5.74) is 2.44. The maximum absolute atomic E-state index is 12.3. The van der Waals surface area contributed by atoms with Crippen LogP contribution in [0.5, 0.6) is 0 Å². The number of amides is 1. The molecule has 0 bridgehead atoms. The molecule has 0 aromatic heterocycles. The fourth-order valence-corrected chi connectivity index (χ4v) is 4.12. The van der Waals surface area contributed by atoms with Gasteiger partial charge in [-0.05, 0) is 63.0 Å². The Morgan fingerprint density at radius 2 is 2.14 bits per heavy atom. The lowest BCUT2D eigenvalue weighted by molar-refractivity contribution is -0.127. The highest BCUT2D eigenvalue weighted by Gasteiger charge is 2.25. The van der Waals surface area contributed by atoms with Gasteiger partial charge in [0.05, 0.1) is 5.75 Å². The van der Waals surface area contributed by atoms with Gasteiger partial charge >= 0.3 is 0 Å². The van der Waals surface area contributed by atoms with Gasteiger partial charge in [0.25, 0.3) is 0 Å². The van der Waals surface area contributed by atoms with Gasteiger partial charge in [0.15, 0.2) is 0 Å². The average molecular weight is 408 g/mol. The Morgan fingerprint density at radius 1 is 1.41 bits per heavy atom. The van der Waals surface area contributed by atoms with Crippen molar-refractivity contribution in [3.05, 3.63) is 27.7 Å². The molecule has 6 heteroatoms. The van der Waals surface area contributed by atoms with E-state index in [1.807, 2.05) is 11.9 Å². The predicted octanol–water partition coefficient (Wildman–Crippen LogP) is 3.65. The van der Waals surface area contributed by atoms with Gasteiger partial charge in [0.1, 0.15) is 0 Å². The summed E-state index contributed by atoms with van der Waals surface area (Å²) in [4.78, 5) is 15.5. The second kappa shape index (κ2) is 9.16. The summed E-state index contributed by atoms with van der Waals surface area (Å²) in [6.45, 7) is 6.98. The molecule has 0 spiro atoms. The first kappa shape index (κ1) is 19.8. The number of rotatable bonds is 5. The molecule has 22 heavy (non-hydrogen) atoms. The van der Waals surface area contributed by atoms with Gasteiger partial charge in [-0.3, -0.25) is 4.79 Å². The van der Waals surface area contributed by atoms with E-state index in [4.69, 9.17) is 0 Å². The molecule has 2 rings (SSSR count). The number of nitrogens with zero attached hydrogens (tertiary/aromatic N) is 1. The van der Waals surface area contributed by atoms with E-state index in [0.717, 1.165) is 30.5 Å². The molecule has 1 aliphatic heterocycles. The maximum Gasteiger partial charge on any atom is 0.232 e. The van der Waals surface area contributed by atoms with Crippen LogP contribution in [0.3, 0.4) is 0 Å². The maximum atomic E-state index is 12.3. The second-order valence-electron chi connectivity index (χ2n) is 5.71. The number of thioether (sulfide) groups is 1. The molecule has 0 saturated carbocycles. The van der Waals surface area contributed by atoms with E-state index in [-0.39, 0.29) is 18.3 Å². The fourth-order valence-electron chi connectivity index (χ4n) is 2.66. The van der Waals surface area contributed by atoms with Crippen molar-refractivity contribution in [2.45, 2.75) is 25.2 Å². The Morgan fingerprint density at radius 3 is 2.82 bits per heavy atom. The summed E-state index contributed by atoms with van der Waals surface area (Å²) in [5.74, 6) is 1.41. The minimum atomic E-state index is 0. The highest BCUT2D eigenvalue weighted by molar-refractivity contribution is 9.10. The van der Waals surface area contributed by atoms with Crippen LogP contribution in [-0.2, 0) is 4.79 Å². The Kier molecular flexibility index (Phi) is 8.25. The van der Waals surface area contributed by atoms with Gasteiger partial charge in [-0.2, -0.15) is 0 Å². The molecular formula is C16H24BrClN2OS. The van der Waals surface area contributed by atoms with E-state index >= 15 is 0 Å². The van der Waals surface area contributed by atoms with Crippen LogP contribution >= 0.6 is 40.1 Å². The van der Waals surface area contributed by atoms with Crippen LogP contribution < -0.4 is 5.32 Å². The largest absolute Gasteiger partial charge is 0.342 e. The van der Waals surface area contributed by atoms with E-state index in [2.05, 4.69) is 47.2 Å². The minimum absolute atomic E-state index is 0. The number of likely N-dealkylation sites (tertiary alicyclic amines) is 1. The standard InChI is InChI=1S/C16H23BrN2OS.ClH/c1-11-7-15(12(2)6-14(11)17)21-10-16(20)19-5-4-13(9-19)8-18-3;/h6-7,13,18H,4-5,8-10H2,1-3H3;1H. The Labute approximate surface area is 152 Å². The van der Waals surface area contributed by atoms with E-state index in [9.17, 15) is 4.79 Å². The zero-order chi connectivity index (χ0) is 15.4. The van der Waals surface area contributed by atoms with Crippen molar-refractivity contribution < 1.29 is 4.79 Å².